The van der Waals surface area contributed by atoms with Gasteiger partial charge in [-0.1, -0.05) is 0 Å². The number of hydrogen-bond acceptors (Lipinski definition) is 6. The fraction of sp³-hybridized carbons (Fsp3) is 0.222. The molecule has 0 bridgehead atoms. The maximum Gasteiger partial charge on any atom is 0.448 e. The third-order valence-corrected chi connectivity index (χ3v) is 2.51. The summed E-state index contributed by atoms with van der Waals surface area (Å²) in [7, 11) is -1.79. The molecule has 1 aromatic carbocycles. The molecule has 0 amide bonds. The summed E-state index contributed by atoms with van der Waals surface area (Å²) in [6.45, 7) is 0. The molecular formula is C9H10O6S. The summed E-state index contributed by atoms with van der Waals surface area (Å²) in [6.07, 6.45) is 0.608. The highest BCUT2D eigenvalue weighted by atomic mass is 32.3. The van der Waals surface area contributed by atoms with E-state index in [1.54, 1.807) is 0 Å². The summed E-state index contributed by atoms with van der Waals surface area (Å²) in [5, 5.41) is 0. The van der Waals surface area contributed by atoms with Crippen molar-refractivity contribution < 1.29 is 26.3 Å². The maximum atomic E-state index is 11.0. The quantitative estimate of drug-likeness (QED) is 0.714. The lowest BCUT2D eigenvalue weighted by atomic mass is 10.2. The third-order valence-electron chi connectivity index (χ3n) is 1.72. The molecule has 6 nitrogen and oxygen atoms in total. The van der Waals surface area contributed by atoms with Crippen LogP contribution in [0.1, 0.15) is 10.4 Å². The normalized spacial score (nSPS) is 10.9. The van der Waals surface area contributed by atoms with Crippen LogP contribution in [0.25, 0.3) is 0 Å². The molecule has 0 saturated heterocycles. The highest BCUT2D eigenvalue weighted by Crippen LogP contribution is 2.28. The third kappa shape index (κ3) is 2.94. The van der Waals surface area contributed by atoms with Crippen molar-refractivity contribution in [3.8, 4) is 11.5 Å². The summed E-state index contributed by atoms with van der Waals surface area (Å²) in [5.74, 6) is 0.0835. The van der Waals surface area contributed by atoms with Crippen LogP contribution in [0.15, 0.2) is 18.2 Å². The summed E-state index contributed by atoms with van der Waals surface area (Å²) >= 11 is 0. The van der Waals surface area contributed by atoms with E-state index >= 15 is 0 Å². The van der Waals surface area contributed by atoms with Gasteiger partial charge in [-0.15, -0.1) is 0 Å². The second-order valence-corrected chi connectivity index (χ2v) is 4.00. The van der Waals surface area contributed by atoms with Gasteiger partial charge in [0.05, 0.1) is 14.2 Å². The molecule has 0 radical (unpaired) electrons. The number of methoxy groups -OCH3 is 1. The molecule has 1 rings (SSSR count). The van der Waals surface area contributed by atoms with Crippen LogP contribution in [-0.4, -0.2) is 28.9 Å². The molecule has 0 aromatic heterocycles. The van der Waals surface area contributed by atoms with E-state index in [0.717, 1.165) is 7.11 Å². The molecule has 0 atom stereocenters. The molecular weight excluding hydrogens is 236 g/mol. The lowest BCUT2D eigenvalue weighted by Crippen LogP contribution is -2.11. The van der Waals surface area contributed by atoms with Gasteiger partial charge in [-0.3, -0.25) is 4.79 Å². The van der Waals surface area contributed by atoms with Gasteiger partial charge in [0.15, 0.2) is 11.5 Å². The molecule has 0 aliphatic heterocycles. The molecule has 16 heavy (non-hydrogen) atoms. The summed E-state index contributed by atoms with van der Waals surface area (Å²) in [4.78, 5) is 10.5. The molecule has 0 aliphatic carbocycles. The van der Waals surface area contributed by atoms with Gasteiger partial charge in [0.25, 0.3) is 0 Å². The average Bonchev–Trinajstić information content (AvgIpc) is 2.29. The maximum absolute atomic E-state index is 11.0. The van der Waals surface area contributed by atoms with E-state index < -0.39 is 10.4 Å². The minimum atomic E-state index is -4.09. The van der Waals surface area contributed by atoms with Gasteiger partial charge in [0.2, 0.25) is 0 Å². The molecule has 88 valence electrons. The number of carbonyl (C=O) groups is 1. The monoisotopic (exact) mass is 246 g/mol. The number of aldehydes is 1. The van der Waals surface area contributed by atoms with Crippen molar-refractivity contribution >= 4 is 16.7 Å². The van der Waals surface area contributed by atoms with Crippen LogP contribution in [0, 0.1) is 0 Å². The molecule has 1 aromatic rings. The standard InChI is InChI=1S/C9H10O6S/c1-13-9-5-7(6-10)3-4-8(9)15-16(11,12)14-2/h3-6H,1-2H3. The molecule has 0 N–H and O–H groups in total. The highest BCUT2D eigenvalue weighted by molar-refractivity contribution is 7.82. The van der Waals surface area contributed by atoms with Crippen LogP contribution in [0.3, 0.4) is 0 Å². The van der Waals surface area contributed by atoms with Crippen molar-refractivity contribution in [2.75, 3.05) is 14.2 Å². The van der Waals surface area contributed by atoms with E-state index in [-0.39, 0.29) is 11.5 Å². The Morgan fingerprint density at radius 3 is 2.38 bits per heavy atom. The average molecular weight is 246 g/mol. The Kier molecular flexibility index (Phi) is 3.86. The van der Waals surface area contributed by atoms with E-state index in [2.05, 4.69) is 8.37 Å². The Bertz CT molecular complexity index is 479. The minimum absolute atomic E-state index is 0.0463. The molecule has 0 saturated carbocycles. The van der Waals surface area contributed by atoms with Gasteiger partial charge in [0, 0.05) is 5.56 Å². The number of hydrogen-bond donors (Lipinski definition) is 0. The van der Waals surface area contributed by atoms with Crippen molar-refractivity contribution in [1.29, 1.82) is 0 Å². The predicted octanol–water partition coefficient (Wildman–Crippen LogP) is 0.778. The van der Waals surface area contributed by atoms with Gasteiger partial charge in [-0.2, -0.15) is 8.42 Å². The smallest absolute Gasteiger partial charge is 0.448 e. The Labute approximate surface area is 93.1 Å². The molecule has 0 unspecified atom stereocenters. The summed E-state index contributed by atoms with van der Waals surface area (Å²) < 4.78 is 35.6. The first-order valence-corrected chi connectivity index (χ1v) is 5.49. The molecule has 0 aliphatic rings. The van der Waals surface area contributed by atoms with Crippen molar-refractivity contribution in [1.82, 2.24) is 0 Å². The topological polar surface area (TPSA) is 78.9 Å². The Morgan fingerprint density at radius 2 is 1.88 bits per heavy atom. The van der Waals surface area contributed by atoms with E-state index in [1.807, 2.05) is 0 Å². The molecule has 0 fully saturated rings. The Hall–Kier alpha value is -1.60. The van der Waals surface area contributed by atoms with Gasteiger partial charge in [-0.05, 0) is 18.2 Å². The first kappa shape index (κ1) is 12.5. The van der Waals surface area contributed by atoms with Crippen molar-refractivity contribution in [3.63, 3.8) is 0 Å². The Morgan fingerprint density at radius 1 is 1.19 bits per heavy atom. The first-order valence-electron chi connectivity index (χ1n) is 4.15. The van der Waals surface area contributed by atoms with Crippen LogP contribution in [0.4, 0.5) is 0 Å². The fourth-order valence-corrected chi connectivity index (χ4v) is 1.40. The highest BCUT2D eigenvalue weighted by Gasteiger charge is 2.15. The van der Waals surface area contributed by atoms with Crippen molar-refractivity contribution in [2.45, 2.75) is 0 Å². The lowest BCUT2D eigenvalue weighted by molar-refractivity contribution is 0.112. The minimum Gasteiger partial charge on any atom is -0.493 e. The van der Waals surface area contributed by atoms with Crippen LogP contribution in [-0.2, 0) is 14.6 Å². The van der Waals surface area contributed by atoms with Gasteiger partial charge < -0.3 is 8.92 Å². The SMILES string of the molecule is COc1cc(C=O)ccc1OS(=O)(=O)OC. The zero-order chi connectivity index (χ0) is 12.2. The summed E-state index contributed by atoms with van der Waals surface area (Å²) in [6, 6.07) is 4.06. The number of ether oxygens (including phenoxy) is 1. The number of rotatable bonds is 5. The second kappa shape index (κ2) is 4.95. The zero-order valence-corrected chi connectivity index (χ0v) is 9.48. The Balaban J connectivity index is 3.10. The van der Waals surface area contributed by atoms with Crippen LogP contribution in [0.5, 0.6) is 11.5 Å². The lowest BCUT2D eigenvalue weighted by Gasteiger charge is -2.09. The first-order chi connectivity index (χ1) is 7.52. The second-order valence-electron chi connectivity index (χ2n) is 2.69. The van der Waals surface area contributed by atoms with Crippen LogP contribution >= 0.6 is 0 Å². The van der Waals surface area contributed by atoms with E-state index in [9.17, 15) is 13.2 Å². The van der Waals surface area contributed by atoms with Crippen LogP contribution < -0.4 is 8.92 Å². The van der Waals surface area contributed by atoms with Gasteiger partial charge >= 0.3 is 10.4 Å². The summed E-state index contributed by atoms with van der Waals surface area (Å²) in [5.41, 5.74) is 0.346. The molecule has 0 heterocycles. The van der Waals surface area contributed by atoms with E-state index in [4.69, 9.17) is 4.74 Å². The van der Waals surface area contributed by atoms with E-state index in [1.165, 1.54) is 25.3 Å². The number of benzene rings is 1. The largest absolute Gasteiger partial charge is 0.493 e. The zero-order valence-electron chi connectivity index (χ0n) is 8.67. The van der Waals surface area contributed by atoms with E-state index in [0.29, 0.717) is 11.8 Å². The van der Waals surface area contributed by atoms with Crippen molar-refractivity contribution in [3.05, 3.63) is 23.8 Å². The van der Waals surface area contributed by atoms with Crippen molar-refractivity contribution in [2.24, 2.45) is 0 Å². The number of carbonyl (C=O) groups excluding carboxylic acids is 1. The van der Waals surface area contributed by atoms with Gasteiger partial charge in [0.1, 0.15) is 6.29 Å². The molecule has 0 spiro atoms. The molecule has 7 heteroatoms. The predicted molar refractivity (Wildman–Crippen MR) is 54.9 cm³/mol. The fourth-order valence-electron chi connectivity index (χ4n) is 0.970. The van der Waals surface area contributed by atoms with Crippen LogP contribution in [0.2, 0.25) is 0 Å². The van der Waals surface area contributed by atoms with Gasteiger partial charge in [-0.25, -0.2) is 4.18 Å².